The number of aryl methyl sites for hydroxylation is 3. The molecule has 1 aliphatic carbocycles. The summed E-state index contributed by atoms with van der Waals surface area (Å²) in [6.45, 7) is 27.0. The second kappa shape index (κ2) is 17.6. The second-order valence-corrected chi connectivity index (χ2v) is 10.3. The minimum atomic E-state index is 0.620. The Morgan fingerprint density at radius 2 is 1.51 bits per heavy atom. The van der Waals surface area contributed by atoms with Gasteiger partial charge in [-0.05, 0) is 88.1 Å². The molecule has 2 aromatic carbocycles. The van der Waals surface area contributed by atoms with Crippen LogP contribution >= 0.6 is 0 Å². The summed E-state index contributed by atoms with van der Waals surface area (Å²) in [6, 6.07) is 13.0. The van der Waals surface area contributed by atoms with Crippen LogP contribution in [0, 0.1) is 33.6 Å². The number of rotatable bonds is 7. The lowest BCUT2D eigenvalue weighted by Gasteiger charge is -2.16. The van der Waals surface area contributed by atoms with Crippen LogP contribution in [0.25, 0.3) is 11.3 Å². The third kappa shape index (κ3) is 12.3. The summed E-state index contributed by atoms with van der Waals surface area (Å²) < 4.78 is 0. The normalized spacial score (nSPS) is 12.2. The molecule has 0 fully saturated rings. The van der Waals surface area contributed by atoms with Crippen molar-refractivity contribution in [2.75, 3.05) is 0 Å². The van der Waals surface area contributed by atoms with Crippen molar-refractivity contribution in [2.24, 2.45) is 11.7 Å². The Labute approximate surface area is 228 Å². The van der Waals surface area contributed by atoms with Crippen molar-refractivity contribution < 1.29 is 4.79 Å². The first-order valence-electron chi connectivity index (χ1n) is 13.8. The van der Waals surface area contributed by atoms with Gasteiger partial charge in [0.15, 0.2) is 0 Å². The molecule has 0 amide bonds. The van der Waals surface area contributed by atoms with Crippen LogP contribution in [0.5, 0.6) is 0 Å². The molecule has 204 valence electrons. The SMILES string of the molecule is C=C(C)CCC=O.CC.CC1=C(/C(=C(/N)c2ccc(C)cc2)c2cc(C)cc(C)c2C)C1.CCC(C)C. The van der Waals surface area contributed by atoms with Crippen LogP contribution in [-0.2, 0) is 4.79 Å². The number of carbonyl (C=O) groups is 1. The number of carbonyl (C=O) groups excluding carboxylic acids is 1. The highest BCUT2D eigenvalue weighted by molar-refractivity contribution is 6.01. The van der Waals surface area contributed by atoms with E-state index in [1.165, 1.54) is 51.0 Å². The Hall–Kier alpha value is -2.87. The number of benzene rings is 2. The van der Waals surface area contributed by atoms with E-state index in [2.05, 4.69) is 98.4 Å². The molecule has 0 aliphatic heterocycles. The molecule has 2 nitrogen and oxygen atoms in total. The molecule has 0 saturated heterocycles. The molecule has 0 aromatic heterocycles. The van der Waals surface area contributed by atoms with Crippen molar-refractivity contribution in [1.82, 2.24) is 0 Å². The van der Waals surface area contributed by atoms with Gasteiger partial charge in [-0.3, -0.25) is 0 Å². The van der Waals surface area contributed by atoms with E-state index in [4.69, 9.17) is 5.73 Å². The van der Waals surface area contributed by atoms with Crippen LogP contribution in [0.2, 0.25) is 0 Å². The van der Waals surface area contributed by atoms with Gasteiger partial charge in [-0.25, -0.2) is 0 Å². The van der Waals surface area contributed by atoms with Crippen LogP contribution in [0.3, 0.4) is 0 Å². The molecule has 1 aliphatic rings. The Balaban J connectivity index is 0.000000770. The van der Waals surface area contributed by atoms with E-state index >= 15 is 0 Å². The van der Waals surface area contributed by atoms with Crippen molar-refractivity contribution in [2.45, 2.75) is 102 Å². The molecule has 0 heterocycles. The van der Waals surface area contributed by atoms with Crippen LogP contribution in [0.15, 0.2) is 59.7 Å². The summed E-state index contributed by atoms with van der Waals surface area (Å²) in [4.78, 5) is 9.67. The lowest BCUT2D eigenvalue weighted by molar-refractivity contribution is -0.107. The number of hydrogen-bond donors (Lipinski definition) is 1. The second-order valence-electron chi connectivity index (χ2n) is 10.3. The van der Waals surface area contributed by atoms with Crippen LogP contribution < -0.4 is 5.73 Å². The minimum absolute atomic E-state index is 0.620. The number of allylic oxidation sites excluding steroid dienone is 4. The zero-order valence-corrected chi connectivity index (χ0v) is 25.6. The quantitative estimate of drug-likeness (QED) is 0.232. The molecule has 2 aromatic rings. The van der Waals surface area contributed by atoms with Crippen LogP contribution in [-0.4, -0.2) is 6.29 Å². The summed E-state index contributed by atoms with van der Waals surface area (Å²) >= 11 is 0. The van der Waals surface area contributed by atoms with Gasteiger partial charge in [0, 0.05) is 17.7 Å². The zero-order chi connectivity index (χ0) is 28.7. The highest BCUT2D eigenvalue weighted by Gasteiger charge is 2.26. The average molecular weight is 504 g/mol. The van der Waals surface area contributed by atoms with Gasteiger partial charge in [-0.2, -0.15) is 0 Å². The van der Waals surface area contributed by atoms with Crippen molar-refractivity contribution in [1.29, 1.82) is 0 Å². The molecular weight excluding hydrogens is 450 g/mol. The van der Waals surface area contributed by atoms with Gasteiger partial charge >= 0.3 is 0 Å². The van der Waals surface area contributed by atoms with E-state index in [-0.39, 0.29) is 0 Å². The fourth-order valence-electron chi connectivity index (χ4n) is 3.48. The lowest BCUT2D eigenvalue weighted by Crippen LogP contribution is -2.03. The van der Waals surface area contributed by atoms with Crippen molar-refractivity contribution >= 4 is 17.6 Å². The van der Waals surface area contributed by atoms with Gasteiger partial charge in [0.05, 0.1) is 0 Å². The van der Waals surface area contributed by atoms with Gasteiger partial charge in [-0.15, -0.1) is 6.58 Å². The molecule has 2 heteroatoms. The molecule has 3 rings (SSSR count). The maximum absolute atomic E-state index is 9.67. The van der Waals surface area contributed by atoms with Crippen LogP contribution in [0.1, 0.15) is 108 Å². The lowest BCUT2D eigenvalue weighted by atomic mass is 9.90. The maximum Gasteiger partial charge on any atom is 0.120 e. The van der Waals surface area contributed by atoms with E-state index < -0.39 is 0 Å². The molecule has 0 saturated carbocycles. The number of aldehydes is 1. The summed E-state index contributed by atoms with van der Waals surface area (Å²) in [5.41, 5.74) is 20.3. The standard InChI is InChI=1S/C22H25N.C6H10O.C5H12.C2H6/c1-13-6-8-18(9-7-13)22(23)21(19-12-16(19)4)20-11-14(2)10-15(3)17(20)5;1-6(2)4-3-5-7;1-4-5(2)3;1-2/h6-11H,12,23H2,1-5H3;5H,1,3-4H2,2H3;5H,4H2,1-3H3;1-2H3/b22-21-;;;. The monoisotopic (exact) mass is 503 g/mol. The van der Waals surface area contributed by atoms with E-state index in [1.807, 2.05) is 20.8 Å². The smallest absolute Gasteiger partial charge is 0.120 e. The van der Waals surface area contributed by atoms with Gasteiger partial charge in [0.25, 0.3) is 0 Å². The third-order valence-corrected chi connectivity index (χ3v) is 6.35. The van der Waals surface area contributed by atoms with Gasteiger partial charge < -0.3 is 10.5 Å². The summed E-state index contributed by atoms with van der Waals surface area (Å²) in [5.74, 6) is 0.884. The highest BCUT2D eigenvalue weighted by Crippen LogP contribution is 2.45. The Morgan fingerprint density at radius 3 is 1.89 bits per heavy atom. The zero-order valence-electron chi connectivity index (χ0n) is 25.6. The Morgan fingerprint density at radius 1 is 1.00 bits per heavy atom. The predicted octanol–water partition coefficient (Wildman–Crippen LogP) is 10.1. The minimum Gasteiger partial charge on any atom is -0.398 e. The van der Waals surface area contributed by atoms with Crippen molar-refractivity contribution in [3.05, 3.63) is 93.1 Å². The van der Waals surface area contributed by atoms with Gasteiger partial charge in [0.2, 0.25) is 0 Å². The van der Waals surface area contributed by atoms with Gasteiger partial charge in [-0.1, -0.05) is 99.7 Å². The summed E-state index contributed by atoms with van der Waals surface area (Å²) in [6.07, 6.45) is 4.75. The van der Waals surface area contributed by atoms with Crippen molar-refractivity contribution in [3.63, 3.8) is 0 Å². The highest BCUT2D eigenvalue weighted by atomic mass is 16.1. The van der Waals surface area contributed by atoms with E-state index in [0.717, 1.165) is 41.9 Å². The van der Waals surface area contributed by atoms with Crippen molar-refractivity contribution in [3.8, 4) is 0 Å². The first-order chi connectivity index (χ1) is 17.4. The summed E-state index contributed by atoms with van der Waals surface area (Å²) in [5, 5.41) is 0. The first-order valence-corrected chi connectivity index (χ1v) is 13.8. The van der Waals surface area contributed by atoms with E-state index in [1.54, 1.807) is 0 Å². The maximum atomic E-state index is 9.67. The predicted molar refractivity (Wildman–Crippen MR) is 167 cm³/mol. The molecule has 0 spiro atoms. The molecule has 0 unspecified atom stereocenters. The van der Waals surface area contributed by atoms with Gasteiger partial charge in [0.1, 0.15) is 6.29 Å². The Bertz CT molecular complexity index is 1070. The van der Waals surface area contributed by atoms with E-state index in [9.17, 15) is 4.79 Å². The van der Waals surface area contributed by atoms with Crippen LogP contribution in [0.4, 0.5) is 0 Å². The molecular formula is C35H53NO. The number of hydrogen-bond acceptors (Lipinski definition) is 2. The largest absolute Gasteiger partial charge is 0.398 e. The fraction of sp³-hybridized carbons (Fsp3) is 0.457. The number of nitrogens with two attached hydrogens (primary N) is 1. The molecule has 0 bridgehead atoms. The topological polar surface area (TPSA) is 43.1 Å². The third-order valence-electron chi connectivity index (χ3n) is 6.35. The average Bonchev–Trinajstić information content (AvgIpc) is 3.58. The molecule has 37 heavy (non-hydrogen) atoms. The molecule has 0 radical (unpaired) electrons. The van der Waals surface area contributed by atoms with E-state index in [0.29, 0.717) is 6.42 Å². The molecule has 0 atom stereocenters. The summed E-state index contributed by atoms with van der Waals surface area (Å²) in [7, 11) is 0. The first kappa shape index (κ1) is 34.1. The Kier molecular flexibility index (Phi) is 16.2. The molecule has 2 N–H and O–H groups in total. The fourth-order valence-corrected chi connectivity index (χ4v) is 3.48.